The van der Waals surface area contributed by atoms with Gasteiger partial charge in [-0.15, -0.1) is 0 Å². The Morgan fingerprint density at radius 3 is 2.28 bits per heavy atom. The summed E-state index contributed by atoms with van der Waals surface area (Å²) in [5, 5.41) is 0. The first-order chi connectivity index (χ1) is 8.83. The van der Waals surface area contributed by atoms with E-state index in [9.17, 15) is 0 Å². The lowest BCUT2D eigenvalue weighted by atomic mass is 9.88. The monoisotopic (exact) mass is 242 g/mol. The van der Waals surface area contributed by atoms with Crippen LogP contribution in [0.4, 0.5) is 0 Å². The van der Waals surface area contributed by atoms with Crippen molar-refractivity contribution in [2.75, 3.05) is 0 Å². The molecule has 1 aromatic rings. The van der Waals surface area contributed by atoms with Gasteiger partial charge in [0.05, 0.1) is 0 Å². The lowest BCUT2D eigenvalue weighted by Gasteiger charge is -2.16. The van der Waals surface area contributed by atoms with E-state index in [4.69, 9.17) is 0 Å². The number of rotatable bonds is 5. The molecular formula is C18H26. The van der Waals surface area contributed by atoms with Crippen molar-refractivity contribution in [1.29, 1.82) is 0 Å². The Bertz CT molecular complexity index is 368. The third kappa shape index (κ3) is 5.18. The van der Waals surface area contributed by atoms with Gasteiger partial charge in [0.25, 0.3) is 0 Å². The van der Waals surface area contributed by atoms with Gasteiger partial charge in [-0.2, -0.15) is 0 Å². The van der Waals surface area contributed by atoms with Crippen LogP contribution in [0.5, 0.6) is 0 Å². The van der Waals surface area contributed by atoms with Crippen molar-refractivity contribution in [1.82, 2.24) is 0 Å². The van der Waals surface area contributed by atoms with Crippen molar-refractivity contribution in [2.24, 2.45) is 0 Å². The van der Waals surface area contributed by atoms with Gasteiger partial charge in [-0.05, 0) is 24.5 Å². The first kappa shape index (κ1) is 16.4. The van der Waals surface area contributed by atoms with Gasteiger partial charge in [0.1, 0.15) is 0 Å². The van der Waals surface area contributed by atoms with Crippen LogP contribution in [0.3, 0.4) is 0 Å². The van der Waals surface area contributed by atoms with Crippen LogP contribution in [-0.2, 0) is 0 Å². The lowest BCUT2D eigenvalue weighted by Crippen LogP contribution is -1.99. The van der Waals surface area contributed by atoms with Crippen molar-refractivity contribution < 1.29 is 0 Å². The quantitative estimate of drug-likeness (QED) is 0.564. The maximum absolute atomic E-state index is 3.91. The summed E-state index contributed by atoms with van der Waals surface area (Å²) >= 11 is 0. The molecule has 0 saturated heterocycles. The van der Waals surface area contributed by atoms with Crippen LogP contribution >= 0.6 is 0 Å². The maximum atomic E-state index is 3.91. The molecule has 0 amide bonds. The van der Waals surface area contributed by atoms with E-state index in [0.717, 1.165) is 6.42 Å². The smallest absolute Gasteiger partial charge is 0.00865 e. The Hall–Kier alpha value is -1.56. The highest BCUT2D eigenvalue weighted by molar-refractivity contribution is 5.36. The van der Waals surface area contributed by atoms with Crippen LogP contribution in [0.15, 0.2) is 66.8 Å². The molecule has 1 rings (SSSR count). The van der Waals surface area contributed by atoms with Gasteiger partial charge in [-0.25, -0.2) is 0 Å². The molecule has 0 radical (unpaired) electrons. The van der Waals surface area contributed by atoms with E-state index < -0.39 is 0 Å². The van der Waals surface area contributed by atoms with E-state index in [2.05, 4.69) is 56.0 Å². The fraction of sp³-hybridized carbons (Fsp3) is 0.333. The van der Waals surface area contributed by atoms with Gasteiger partial charge >= 0.3 is 0 Å². The second kappa shape index (κ2) is 10.6. The fourth-order valence-electron chi connectivity index (χ4n) is 1.88. The number of benzene rings is 1. The van der Waals surface area contributed by atoms with E-state index in [1.807, 2.05) is 32.9 Å². The van der Waals surface area contributed by atoms with Gasteiger partial charge in [0.15, 0.2) is 0 Å². The largest absolute Gasteiger partial charge is 0.0988 e. The third-order valence-corrected chi connectivity index (χ3v) is 2.73. The first-order valence-electron chi connectivity index (χ1n) is 6.83. The molecule has 1 unspecified atom stereocenters. The molecule has 1 aromatic carbocycles. The zero-order chi connectivity index (χ0) is 13.8. The van der Waals surface area contributed by atoms with Crippen LogP contribution in [-0.4, -0.2) is 0 Å². The van der Waals surface area contributed by atoms with Crippen molar-refractivity contribution in [3.8, 4) is 0 Å². The zero-order valence-electron chi connectivity index (χ0n) is 12.2. The summed E-state index contributed by atoms with van der Waals surface area (Å²) in [4.78, 5) is 0. The van der Waals surface area contributed by atoms with Crippen LogP contribution < -0.4 is 0 Å². The van der Waals surface area contributed by atoms with E-state index in [1.54, 1.807) is 0 Å². The summed E-state index contributed by atoms with van der Waals surface area (Å²) in [7, 11) is 0. The maximum Gasteiger partial charge on any atom is 0.00865 e. The van der Waals surface area contributed by atoms with Crippen molar-refractivity contribution >= 4 is 0 Å². The Morgan fingerprint density at radius 2 is 1.83 bits per heavy atom. The zero-order valence-corrected chi connectivity index (χ0v) is 12.2. The molecule has 98 valence electrons. The predicted molar refractivity (Wildman–Crippen MR) is 83.9 cm³/mol. The van der Waals surface area contributed by atoms with E-state index in [1.165, 1.54) is 11.1 Å². The molecule has 18 heavy (non-hydrogen) atoms. The summed E-state index contributed by atoms with van der Waals surface area (Å²) in [5.74, 6) is 0.454. The number of allylic oxidation sites excluding steroid dienone is 5. The molecule has 0 heteroatoms. The standard InChI is InChI=1S/C16H20.C2H6/c1-4-7-11-14(5-2)16(6-3)15-12-9-8-10-13-15;1-2/h4-5,7-13,16H,2,6H2,1,3H3;1-2H3/b7-4-,14-11+;. The highest BCUT2D eigenvalue weighted by Gasteiger charge is 2.10. The van der Waals surface area contributed by atoms with E-state index in [0.29, 0.717) is 5.92 Å². The van der Waals surface area contributed by atoms with Gasteiger partial charge in [0.2, 0.25) is 0 Å². The minimum atomic E-state index is 0.454. The molecule has 0 bridgehead atoms. The molecule has 0 aliphatic rings. The summed E-state index contributed by atoms with van der Waals surface area (Å²) in [6.07, 6.45) is 9.32. The average Bonchev–Trinajstić information content (AvgIpc) is 2.46. The Kier molecular flexibility index (Phi) is 9.67. The second-order valence-electron chi connectivity index (χ2n) is 3.77. The Morgan fingerprint density at radius 1 is 1.22 bits per heavy atom. The second-order valence-corrected chi connectivity index (χ2v) is 3.77. The van der Waals surface area contributed by atoms with E-state index >= 15 is 0 Å². The van der Waals surface area contributed by atoms with Crippen molar-refractivity contribution in [3.63, 3.8) is 0 Å². The summed E-state index contributed by atoms with van der Waals surface area (Å²) in [6, 6.07) is 10.6. The highest BCUT2D eigenvalue weighted by atomic mass is 14.1. The normalized spacial score (nSPS) is 12.8. The minimum absolute atomic E-state index is 0.454. The number of hydrogen-bond acceptors (Lipinski definition) is 0. The van der Waals surface area contributed by atoms with Crippen molar-refractivity contribution in [3.05, 3.63) is 72.4 Å². The molecule has 0 spiro atoms. The van der Waals surface area contributed by atoms with Crippen molar-refractivity contribution in [2.45, 2.75) is 40.0 Å². The minimum Gasteiger partial charge on any atom is -0.0988 e. The van der Waals surface area contributed by atoms with Gasteiger partial charge in [-0.1, -0.05) is 82.0 Å². The summed E-state index contributed by atoms with van der Waals surface area (Å²) in [6.45, 7) is 12.1. The molecule has 0 fully saturated rings. The molecule has 0 nitrogen and oxygen atoms in total. The van der Waals surface area contributed by atoms with Crippen LogP contribution in [0.2, 0.25) is 0 Å². The fourth-order valence-corrected chi connectivity index (χ4v) is 1.88. The molecule has 0 saturated carbocycles. The third-order valence-electron chi connectivity index (χ3n) is 2.73. The predicted octanol–water partition coefficient (Wildman–Crippen LogP) is 5.89. The lowest BCUT2D eigenvalue weighted by molar-refractivity contribution is 0.776. The highest BCUT2D eigenvalue weighted by Crippen LogP contribution is 2.28. The van der Waals surface area contributed by atoms with Crippen LogP contribution in [0.25, 0.3) is 0 Å². The van der Waals surface area contributed by atoms with Gasteiger partial charge in [-0.3, -0.25) is 0 Å². The van der Waals surface area contributed by atoms with Gasteiger partial charge in [0, 0.05) is 5.92 Å². The molecule has 0 aliphatic carbocycles. The average molecular weight is 242 g/mol. The Balaban J connectivity index is 0.00000137. The van der Waals surface area contributed by atoms with E-state index in [-0.39, 0.29) is 0 Å². The molecule has 0 aromatic heterocycles. The first-order valence-corrected chi connectivity index (χ1v) is 6.83. The Labute approximate surface area is 113 Å². The van der Waals surface area contributed by atoms with Gasteiger partial charge < -0.3 is 0 Å². The molecule has 0 aliphatic heterocycles. The molecule has 0 N–H and O–H groups in total. The summed E-state index contributed by atoms with van der Waals surface area (Å²) < 4.78 is 0. The summed E-state index contributed by atoms with van der Waals surface area (Å²) in [5.41, 5.74) is 2.65. The van der Waals surface area contributed by atoms with Crippen LogP contribution in [0, 0.1) is 0 Å². The molecular weight excluding hydrogens is 216 g/mol. The molecule has 0 heterocycles. The number of hydrogen-bond donors (Lipinski definition) is 0. The van der Waals surface area contributed by atoms with Crippen LogP contribution in [0.1, 0.15) is 45.6 Å². The SMILES string of the molecule is C=C/C(=C\C=C/C)C(CC)c1ccccc1.CC. The topological polar surface area (TPSA) is 0 Å². The molecule has 1 atom stereocenters.